The number of benzene rings is 1. The van der Waals surface area contributed by atoms with Crippen LogP contribution in [0.3, 0.4) is 0 Å². The van der Waals surface area contributed by atoms with Gasteiger partial charge in [0.1, 0.15) is 6.04 Å². The Morgan fingerprint density at radius 2 is 1.76 bits per heavy atom. The SMILES string of the molecule is CN1C(=O)[C@@H]2[C@H](c3ccc([N+](=O)[O-])cc3)NN(C)[C@H]2C1=O. The Hall–Kier alpha value is -2.32. The maximum Gasteiger partial charge on any atom is 0.269 e. The number of hydrogen-bond donors (Lipinski definition) is 1. The summed E-state index contributed by atoms with van der Waals surface area (Å²) in [5, 5.41) is 12.3. The number of imide groups is 1. The molecular formula is C13H14N4O4. The fourth-order valence-corrected chi connectivity index (χ4v) is 3.02. The van der Waals surface area contributed by atoms with E-state index in [0.29, 0.717) is 0 Å². The highest BCUT2D eigenvalue weighted by molar-refractivity contribution is 6.07. The average molecular weight is 290 g/mol. The van der Waals surface area contributed by atoms with Gasteiger partial charge in [0, 0.05) is 26.2 Å². The first-order valence-corrected chi connectivity index (χ1v) is 6.46. The molecule has 0 aliphatic carbocycles. The van der Waals surface area contributed by atoms with Crippen LogP contribution in [0.25, 0.3) is 0 Å². The van der Waals surface area contributed by atoms with Gasteiger partial charge in [-0.3, -0.25) is 24.6 Å². The number of likely N-dealkylation sites (tertiary alicyclic amines) is 1. The summed E-state index contributed by atoms with van der Waals surface area (Å²) in [4.78, 5) is 35.6. The number of nitrogens with one attached hydrogen (secondary N) is 1. The van der Waals surface area contributed by atoms with Crippen molar-refractivity contribution in [3.63, 3.8) is 0 Å². The number of nitro groups is 1. The molecule has 1 aromatic carbocycles. The molecule has 2 saturated heterocycles. The molecule has 0 spiro atoms. The van der Waals surface area contributed by atoms with E-state index in [0.717, 1.165) is 10.5 Å². The van der Waals surface area contributed by atoms with Crippen LogP contribution in [-0.4, -0.2) is 46.8 Å². The minimum absolute atomic E-state index is 0.00686. The Morgan fingerprint density at radius 3 is 2.33 bits per heavy atom. The summed E-state index contributed by atoms with van der Waals surface area (Å²) in [5.74, 6) is -0.969. The van der Waals surface area contributed by atoms with E-state index in [1.807, 2.05) is 0 Å². The van der Waals surface area contributed by atoms with Crippen molar-refractivity contribution in [2.24, 2.45) is 5.92 Å². The molecule has 2 amide bonds. The molecule has 110 valence electrons. The highest BCUT2D eigenvalue weighted by Crippen LogP contribution is 2.39. The van der Waals surface area contributed by atoms with E-state index >= 15 is 0 Å². The molecule has 1 N–H and O–H groups in total. The number of non-ortho nitro benzene ring substituents is 1. The lowest BCUT2D eigenvalue weighted by Gasteiger charge is -2.19. The lowest BCUT2D eigenvalue weighted by molar-refractivity contribution is -0.384. The van der Waals surface area contributed by atoms with Crippen molar-refractivity contribution >= 4 is 17.5 Å². The van der Waals surface area contributed by atoms with E-state index < -0.39 is 16.9 Å². The third-order valence-electron chi connectivity index (χ3n) is 4.12. The molecule has 0 bridgehead atoms. The van der Waals surface area contributed by atoms with Crippen molar-refractivity contribution in [1.82, 2.24) is 15.3 Å². The fraction of sp³-hybridized carbons (Fsp3) is 0.385. The van der Waals surface area contributed by atoms with Crippen LogP contribution in [0.1, 0.15) is 11.6 Å². The summed E-state index contributed by atoms with van der Waals surface area (Å²) >= 11 is 0. The molecular weight excluding hydrogens is 276 g/mol. The van der Waals surface area contributed by atoms with Crippen LogP contribution in [0.5, 0.6) is 0 Å². The van der Waals surface area contributed by atoms with Gasteiger partial charge in [-0.15, -0.1) is 0 Å². The molecule has 8 heteroatoms. The number of amides is 2. The number of carbonyl (C=O) groups is 2. The van der Waals surface area contributed by atoms with Gasteiger partial charge in [0.15, 0.2) is 0 Å². The molecule has 3 atom stereocenters. The normalized spacial score (nSPS) is 29.0. The number of rotatable bonds is 2. The molecule has 2 aliphatic rings. The Bertz CT molecular complexity index is 630. The number of nitrogens with zero attached hydrogens (tertiary/aromatic N) is 3. The molecule has 2 aliphatic heterocycles. The third-order valence-corrected chi connectivity index (χ3v) is 4.12. The highest BCUT2D eigenvalue weighted by atomic mass is 16.6. The number of carbonyl (C=O) groups excluding carboxylic acids is 2. The van der Waals surface area contributed by atoms with E-state index in [1.54, 1.807) is 24.2 Å². The predicted octanol–water partition coefficient (Wildman–Crippen LogP) is 0.0693. The Kier molecular flexibility index (Phi) is 2.99. The Morgan fingerprint density at radius 1 is 1.14 bits per heavy atom. The van der Waals surface area contributed by atoms with Crippen molar-refractivity contribution < 1.29 is 14.5 Å². The molecule has 0 saturated carbocycles. The number of fused-ring (bicyclic) bond motifs is 1. The van der Waals surface area contributed by atoms with Crippen molar-refractivity contribution in [2.75, 3.05) is 14.1 Å². The summed E-state index contributed by atoms with van der Waals surface area (Å²) in [6, 6.07) is 5.14. The highest BCUT2D eigenvalue weighted by Gasteiger charge is 2.56. The molecule has 2 heterocycles. The minimum atomic E-state index is -0.525. The summed E-state index contributed by atoms with van der Waals surface area (Å²) in [7, 11) is 3.19. The molecule has 0 unspecified atom stereocenters. The number of nitro benzene ring substituents is 1. The van der Waals surface area contributed by atoms with Gasteiger partial charge in [0.2, 0.25) is 11.8 Å². The smallest absolute Gasteiger partial charge is 0.269 e. The standard InChI is InChI=1S/C13H14N4O4/c1-15-12(18)9-10(14-16(2)11(9)13(15)19)7-3-5-8(6-4-7)17(20)21/h3-6,9-11,14H,1-2H3/t9-,10+,11-/m1/s1. The first kappa shape index (κ1) is 13.7. The number of likely N-dealkylation sites (N-methyl/N-ethyl adjacent to an activating group) is 2. The Labute approximate surface area is 120 Å². The van der Waals surface area contributed by atoms with Crippen LogP contribution >= 0.6 is 0 Å². The molecule has 2 fully saturated rings. The van der Waals surface area contributed by atoms with Crippen molar-refractivity contribution in [1.29, 1.82) is 0 Å². The topological polar surface area (TPSA) is 95.8 Å². The van der Waals surface area contributed by atoms with Gasteiger partial charge in [0.25, 0.3) is 5.69 Å². The van der Waals surface area contributed by atoms with E-state index in [4.69, 9.17) is 0 Å². The lowest BCUT2D eigenvalue weighted by Crippen LogP contribution is -2.41. The summed E-state index contributed by atoms with van der Waals surface area (Å²) < 4.78 is 0. The molecule has 0 aromatic heterocycles. The van der Waals surface area contributed by atoms with Gasteiger partial charge in [-0.05, 0) is 5.56 Å². The van der Waals surface area contributed by atoms with Crippen LogP contribution in [-0.2, 0) is 9.59 Å². The van der Waals surface area contributed by atoms with E-state index in [9.17, 15) is 19.7 Å². The second kappa shape index (κ2) is 4.61. The van der Waals surface area contributed by atoms with Gasteiger partial charge in [-0.2, -0.15) is 0 Å². The molecule has 3 rings (SSSR count). The Balaban J connectivity index is 1.94. The zero-order valence-electron chi connectivity index (χ0n) is 11.5. The molecule has 21 heavy (non-hydrogen) atoms. The largest absolute Gasteiger partial charge is 0.284 e. The zero-order valence-corrected chi connectivity index (χ0v) is 11.5. The first-order chi connectivity index (χ1) is 9.91. The summed E-state index contributed by atoms with van der Waals surface area (Å²) in [6.07, 6.45) is 0. The quantitative estimate of drug-likeness (QED) is 0.470. The van der Waals surface area contributed by atoms with Gasteiger partial charge < -0.3 is 0 Å². The van der Waals surface area contributed by atoms with Crippen molar-refractivity contribution in [2.45, 2.75) is 12.1 Å². The van der Waals surface area contributed by atoms with Gasteiger partial charge in [-0.1, -0.05) is 12.1 Å². The monoisotopic (exact) mass is 290 g/mol. The van der Waals surface area contributed by atoms with E-state index in [2.05, 4.69) is 5.43 Å². The van der Waals surface area contributed by atoms with Crippen molar-refractivity contribution in [3.8, 4) is 0 Å². The van der Waals surface area contributed by atoms with Crippen LogP contribution in [0.15, 0.2) is 24.3 Å². The van der Waals surface area contributed by atoms with Crippen LogP contribution < -0.4 is 5.43 Å². The molecule has 8 nitrogen and oxygen atoms in total. The maximum atomic E-state index is 12.2. The zero-order chi connectivity index (χ0) is 15.3. The second-order valence-electron chi connectivity index (χ2n) is 5.27. The molecule has 1 aromatic rings. The minimum Gasteiger partial charge on any atom is -0.284 e. The van der Waals surface area contributed by atoms with Crippen molar-refractivity contribution in [3.05, 3.63) is 39.9 Å². The third kappa shape index (κ3) is 1.91. The van der Waals surface area contributed by atoms with Crippen LogP contribution in [0.4, 0.5) is 5.69 Å². The average Bonchev–Trinajstić information content (AvgIpc) is 2.92. The predicted molar refractivity (Wildman–Crippen MR) is 71.8 cm³/mol. The first-order valence-electron chi connectivity index (χ1n) is 6.46. The maximum absolute atomic E-state index is 12.2. The number of hydrogen-bond acceptors (Lipinski definition) is 6. The summed E-state index contributed by atoms with van der Waals surface area (Å²) in [5.41, 5.74) is 3.84. The van der Waals surface area contributed by atoms with E-state index in [-0.39, 0.29) is 23.5 Å². The lowest BCUT2D eigenvalue weighted by atomic mass is 9.91. The fourth-order valence-electron chi connectivity index (χ4n) is 3.02. The van der Waals surface area contributed by atoms with Crippen LogP contribution in [0.2, 0.25) is 0 Å². The van der Waals surface area contributed by atoms with E-state index in [1.165, 1.54) is 19.2 Å². The number of hydrazine groups is 1. The van der Waals surface area contributed by atoms with Crippen LogP contribution in [0, 0.1) is 16.0 Å². The summed E-state index contributed by atoms with van der Waals surface area (Å²) in [6.45, 7) is 0. The van der Waals surface area contributed by atoms with Gasteiger partial charge >= 0.3 is 0 Å². The molecule has 0 radical (unpaired) electrons. The van der Waals surface area contributed by atoms with Gasteiger partial charge in [0.05, 0.1) is 16.9 Å². The van der Waals surface area contributed by atoms with Gasteiger partial charge in [-0.25, -0.2) is 10.4 Å². The second-order valence-corrected chi connectivity index (χ2v) is 5.27.